The summed E-state index contributed by atoms with van der Waals surface area (Å²) in [7, 11) is 0. The quantitative estimate of drug-likeness (QED) is 0.873. The van der Waals surface area contributed by atoms with Gasteiger partial charge in [0.15, 0.2) is 0 Å². The van der Waals surface area contributed by atoms with Crippen LogP contribution < -0.4 is 5.32 Å². The number of aryl methyl sites for hydroxylation is 2. The van der Waals surface area contributed by atoms with E-state index < -0.39 is 0 Å². The Balaban J connectivity index is 2.14. The maximum atomic E-state index is 4.56. The molecule has 98 valence electrons. The fraction of sp³-hybridized carbons (Fsp3) is 0.538. The Bertz CT molecular complexity index is 536. The van der Waals surface area contributed by atoms with Crippen molar-refractivity contribution in [1.82, 2.24) is 19.7 Å². The first-order valence-electron chi connectivity index (χ1n) is 6.29. The van der Waals surface area contributed by atoms with E-state index in [1.807, 2.05) is 20.0 Å². The molecule has 5 heteroatoms. The number of nitrogens with one attached hydrogen (secondary N) is 2. The van der Waals surface area contributed by atoms with Crippen LogP contribution in [0.15, 0.2) is 6.20 Å². The third-order valence-corrected chi connectivity index (χ3v) is 3.03. The Labute approximate surface area is 108 Å². The lowest BCUT2D eigenvalue weighted by atomic mass is 10.3. The maximum Gasteiger partial charge on any atom is 0.103 e. The second-order valence-electron chi connectivity index (χ2n) is 4.93. The molecule has 0 saturated carbocycles. The number of hydrogen-bond acceptors (Lipinski definition) is 3. The van der Waals surface area contributed by atoms with Crippen LogP contribution in [0.2, 0.25) is 0 Å². The molecule has 5 nitrogen and oxygen atoms in total. The van der Waals surface area contributed by atoms with Crippen molar-refractivity contribution in [3.8, 4) is 0 Å². The van der Waals surface area contributed by atoms with Gasteiger partial charge in [-0.3, -0.25) is 4.68 Å². The molecule has 18 heavy (non-hydrogen) atoms. The zero-order valence-corrected chi connectivity index (χ0v) is 11.7. The standard InChI is InChI=1S/C13H21N5/c1-8(2)18-10(4)13(9(3)17-18)15-7-12-6-14-11(5)16-12/h6,8,15H,7H2,1-5H3,(H,14,16). The summed E-state index contributed by atoms with van der Waals surface area (Å²) in [6, 6.07) is 0.383. The van der Waals surface area contributed by atoms with E-state index in [4.69, 9.17) is 0 Å². The number of rotatable bonds is 4. The van der Waals surface area contributed by atoms with Crippen LogP contribution in [0.4, 0.5) is 5.69 Å². The number of aromatic amines is 1. The van der Waals surface area contributed by atoms with E-state index >= 15 is 0 Å². The molecule has 0 spiro atoms. The average molecular weight is 247 g/mol. The molecular formula is C13H21N5. The molecule has 2 aromatic heterocycles. The smallest absolute Gasteiger partial charge is 0.103 e. The highest BCUT2D eigenvalue weighted by molar-refractivity contribution is 5.52. The molecule has 0 aliphatic carbocycles. The number of imidazole rings is 1. The lowest BCUT2D eigenvalue weighted by Crippen LogP contribution is -2.06. The molecule has 0 atom stereocenters. The first kappa shape index (κ1) is 12.7. The third-order valence-electron chi connectivity index (χ3n) is 3.03. The molecule has 0 aromatic carbocycles. The summed E-state index contributed by atoms with van der Waals surface area (Å²) in [6.45, 7) is 11.1. The summed E-state index contributed by atoms with van der Waals surface area (Å²) in [6.07, 6.45) is 1.86. The van der Waals surface area contributed by atoms with Crippen molar-refractivity contribution in [3.05, 3.63) is 29.1 Å². The van der Waals surface area contributed by atoms with E-state index in [2.05, 4.69) is 45.8 Å². The summed E-state index contributed by atoms with van der Waals surface area (Å²) < 4.78 is 2.05. The number of H-pyrrole nitrogens is 1. The zero-order chi connectivity index (χ0) is 13.3. The molecule has 0 fully saturated rings. The van der Waals surface area contributed by atoms with E-state index in [1.165, 1.54) is 5.69 Å². The van der Waals surface area contributed by atoms with E-state index in [1.54, 1.807) is 0 Å². The first-order chi connectivity index (χ1) is 8.49. The second kappa shape index (κ2) is 4.84. The molecular weight excluding hydrogens is 226 g/mol. The molecule has 0 unspecified atom stereocenters. The van der Waals surface area contributed by atoms with Gasteiger partial charge in [-0.2, -0.15) is 5.10 Å². The Morgan fingerprint density at radius 1 is 1.33 bits per heavy atom. The summed E-state index contributed by atoms with van der Waals surface area (Å²) in [5.74, 6) is 0.943. The molecule has 2 heterocycles. The topological polar surface area (TPSA) is 58.5 Å². The van der Waals surface area contributed by atoms with E-state index in [0.29, 0.717) is 6.04 Å². The van der Waals surface area contributed by atoms with Crippen molar-refractivity contribution in [2.75, 3.05) is 5.32 Å². The van der Waals surface area contributed by atoms with Crippen LogP contribution in [-0.4, -0.2) is 19.7 Å². The van der Waals surface area contributed by atoms with Crippen LogP contribution in [-0.2, 0) is 6.54 Å². The van der Waals surface area contributed by atoms with Crippen LogP contribution in [0.1, 0.15) is 42.8 Å². The fourth-order valence-electron chi connectivity index (χ4n) is 2.17. The minimum absolute atomic E-state index is 0.383. The lowest BCUT2D eigenvalue weighted by Gasteiger charge is -2.09. The van der Waals surface area contributed by atoms with Gasteiger partial charge in [0.25, 0.3) is 0 Å². The Morgan fingerprint density at radius 2 is 2.06 bits per heavy atom. The van der Waals surface area contributed by atoms with Gasteiger partial charge in [-0.25, -0.2) is 4.98 Å². The monoisotopic (exact) mass is 247 g/mol. The van der Waals surface area contributed by atoms with E-state index in [0.717, 1.165) is 29.4 Å². The molecule has 2 rings (SSSR count). The van der Waals surface area contributed by atoms with Gasteiger partial charge in [0, 0.05) is 6.04 Å². The molecule has 0 radical (unpaired) electrons. The number of aromatic nitrogens is 4. The van der Waals surface area contributed by atoms with Gasteiger partial charge >= 0.3 is 0 Å². The van der Waals surface area contributed by atoms with Gasteiger partial charge in [-0.05, 0) is 34.6 Å². The van der Waals surface area contributed by atoms with Gasteiger partial charge in [0.05, 0.1) is 35.5 Å². The van der Waals surface area contributed by atoms with Gasteiger partial charge in [-0.1, -0.05) is 0 Å². The summed E-state index contributed by atoms with van der Waals surface area (Å²) in [5, 5.41) is 7.99. The highest BCUT2D eigenvalue weighted by Crippen LogP contribution is 2.22. The molecule has 0 aliphatic heterocycles. The first-order valence-corrected chi connectivity index (χ1v) is 6.29. The van der Waals surface area contributed by atoms with Crippen LogP contribution in [0.25, 0.3) is 0 Å². The minimum Gasteiger partial charge on any atom is -0.376 e. The Kier molecular flexibility index (Phi) is 3.41. The van der Waals surface area contributed by atoms with Crippen LogP contribution in [0, 0.1) is 20.8 Å². The molecule has 2 N–H and O–H groups in total. The summed E-state index contributed by atoms with van der Waals surface area (Å²) >= 11 is 0. The fourth-order valence-corrected chi connectivity index (χ4v) is 2.17. The molecule has 0 amide bonds. The average Bonchev–Trinajstić information content (AvgIpc) is 2.82. The summed E-state index contributed by atoms with van der Waals surface area (Å²) in [5.41, 5.74) is 4.43. The number of anilines is 1. The number of nitrogens with zero attached hydrogens (tertiary/aromatic N) is 3. The predicted octanol–water partition coefficient (Wildman–Crippen LogP) is 2.72. The Morgan fingerprint density at radius 3 is 2.56 bits per heavy atom. The highest BCUT2D eigenvalue weighted by atomic mass is 15.3. The second-order valence-corrected chi connectivity index (χ2v) is 4.93. The SMILES string of the molecule is Cc1ncc(CNc2c(C)nn(C(C)C)c2C)[nH]1. The highest BCUT2D eigenvalue weighted by Gasteiger charge is 2.13. The Hall–Kier alpha value is -1.78. The molecule has 0 bridgehead atoms. The van der Waals surface area contributed by atoms with Gasteiger partial charge in [0.2, 0.25) is 0 Å². The van der Waals surface area contributed by atoms with E-state index in [-0.39, 0.29) is 0 Å². The van der Waals surface area contributed by atoms with Crippen molar-refractivity contribution >= 4 is 5.69 Å². The normalized spacial score (nSPS) is 11.2. The molecule has 0 aliphatic rings. The lowest BCUT2D eigenvalue weighted by molar-refractivity contribution is 0.516. The number of hydrogen-bond donors (Lipinski definition) is 2. The largest absolute Gasteiger partial charge is 0.376 e. The van der Waals surface area contributed by atoms with Crippen molar-refractivity contribution in [2.24, 2.45) is 0 Å². The van der Waals surface area contributed by atoms with Crippen LogP contribution in [0.5, 0.6) is 0 Å². The van der Waals surface area contributed by atoms with Crippen LogP contribution in [0.3, 0.4) is 0 Å². The maximum absolute atomic E-state index is 4.56. The van der Waals surface area contributed by atoms with E-state index in [9.17, 15) is 0 Å². The third kappa shape index (κ3) is 2.39. The van der Waals surface area contributed by atoms with Gasteiger partial charge in [-0.15, -0.1) is 0 Å². The van der Waals surface area contributed by atoms with Gasteiger partial charge < -0.3 is 10.3 Å². The summed E-state index contributed by atoms with van der Waals surface area (Å²) in [4.78, 5) is 7.40. The van der Waals surface area contributed by atoms with Crippen molar-refractivity contribution in [3.63, 3.8) is 0 Å². The minimum atomic E-state index is 0.383. The van der Waals surface area contributed by atoms with Gasteiger partial charge in [0.1, 0.15) is 5.82 Å². The molecule has 2 aromatic rings. The zero-order valence-electron chi connectivity index (χ0n) is 11.7. The van der Waals surface area contributed by atoms with Crippen molar-refractivity contribution in [1.29, 1.82) is 0 Å². The van der Waals surface area contributed by atoms with Crippen LogP contribution >= 0.6 is 0 Å². The molecule has 0 saturated heterocycles. The van der Waals surface area contributed by atoms with Crippen molar-refractivity contribution in [2.45, 2.75) is 47.2 Å². The van der Waals surface area contributed by atoms with Crippen molar-refractivity contribution < 1.29 is 0 Å². The predicted molar refractivity (Wildman–Crippen MR) is 72.7 cm³/mol.